The normalized spacial score (nSPS) is 12.3. The minimum Gasteiger partial charge on any atom is -0.406 e. The summed E-state index contributed by atoms with van der Waals surface area (Å²) in [6, 6.07) is 0.339. The second kappa shape index (κ2) is 5.62. The number of anilines is 1. The lowest BCUT2D eigenvalue weighted by Crippen LogP contribution is -2.34. The van der Waals surface area contributed by atoms with Gasteiger partial charge in [-0.2, -0.15) is 0 Å². The van der Waals surface area contributed by atoms with E-state index >= 15 is 0 Å². The predicted octanol–water partition coefficient (Wildman–Crippen LogP) is -0.126. The molecule has 0 spiro atoms. The Balaban J connectivity index is 2.67. The van der Waals surface area contributed by atoms with Crippen molar-refractivity contribution in [2.24, 2.45) is 0 Å². The number of carbonyl (C=O) groups is 1. The van der Waals surface area contributed by atoms with Gasteiger partial charge in [-0.3, -0.25) is 4.79 Å². The third kappa shape index (κ3) is 3.42. The fraction of sp³-hybridized carbons (Fsp3) is 0.700. The molecule has 0 saturated heterocycles. The van der Waals surface area contributed by atoms with E-state index in [1.807, 2.05) is 14.0 Å². The first kappa shape index (κ1) is 13.4. The van der Waals surface area contributed by atoms with Crippen molar-refractivity contribution >= 4 is 11.9 Å². The van der Waals surface area contributed by atoms with Crippen LogP contribution in [0.1, 0.15) is 18.9 Å². The number of amides is 1. The number of rotatable bonds is 5. The maximum atomic E-state index is 11.5. The predicted molar refractivity (Wildman–Crippen MR) is 63.7 cm³/mol. The minimum atomic E-state index is -0.0195. The molecule has 0 bridgehead atoms. The third-order valence-corrected chi connectivity index (χ3v) is 2.43. The maximum Gasteiger partial charge on any atom is 0.318 e. The Bertz CT molecular complexity index is 377. The van der Waals surface area contributed by atoms with Crippen molar-refractivity contribution in [2.75, 3.05) is 39.6 Å². The Morgan fingerprint density at radius 3 is 2.59 bits per heavy atom. The molecule has 1 heterocycles. The van der Waals surface area contributed by atoms with E-state index in [9.17, 15) is 4.79 Å². The fourth-order valence-corrected chi connectivity index (χ4v) is 1.09. The third-order valence-electron chi connectivity index (χ3n) is 2.43. The highest BCUT2D eigenvalue weighted by Crippen LogP contribution is 2.15. The van der Waals surface area contributed by atoms with Gasteiger partial charge in [0.2, 0.25) is 11.8 Å². The van der Waals surface area contributed by atoms with Gasteiger partial charge in [0.15, 0.2) is 0 Å². The van der Waals surface area contributed by atoms with Gasteiger partial charge in [-0.25, -0.2) is 0 Å². The average Bonchev–Trinajstić information content (AvgIpc) is 2.77. The van der Waals surface area contributed by atoms with Gasteiger partial charge in [-0.1, -0.05) is 5.10 Å². The number of nitrogens with zero attached hydrogens (tertiary/aromatic N) is 4. The van der Waals surface area contributed by atoms with Gasteiger partial charge in [0.1, 0.15) is 6.54 Å². The quantitative estimate of drug-likeness (QED) is 0.774. The average molecular weight is 241 g/mol. The van der Waals surface area contributed by atoms with Crippen molar-refractivity contribution in [2.45, 2.75) is 13.0 Å². The van der Waals surface area contributed by atoms with Gasteiger partial charge in [-0.05, 0) is 14.0 Å². The number of carbonyl (C=O) groups excluding carboxylic acids is 1. The van der Waals surface area contributed by atoms with Crippen molar-refractivity contribution < 1.29 is 9.21 Å². The lowest BCUT2D eigenvalue weighted by atomic mass is 10.3. The smallest absolute Gasteiger partial charge is 0.318 e. The van der Waals surface area contributed by atoms with Crippen LogP contribution in [0.25, 0.3) is 0 Å². The highest BCUT2D eigenvalue weighted by atomic mass is 16.4. The number of aromatic nitrogens is 2. The molecule has 0 aliphatic rings. The molecule has 1 amide bonds. The highest BCUT2D eigenvalue weighted by molar-refractivity contribution is 5.80. The summed E-state index contributed by atoms with van der Waals surface area (Å²) in [6.45, 7) is 2.13. The molecule has 96 valence electrons. The van der Waals surface area contributed by atoms with Crippen LogP contribution in [0, 0.1) is 0 Å². The monoisotopic (exact) mass is 241 g/mol. The molecule has 0 aromatic carbocycles. The van der Waals surface area contributed by atoms with Gasteiger partial charge in [0.05, 0.1) is 6.04 Å². The second-order valence-corrected chi connectivity index (χ2v) is 4.08. The van der Waals surface area contributed by atoms with E-state index in [1.54, 1.807) is 26.0 Å². The number of hydrogen-bond donors (Lipinski definition) is 1. The van der Waals surface area contributed by atoms with E-state index in [4.69, 9.17) is 4.42 Å². The van der Waals surface area contributed by atoms with Crippen LogP contribution in [-0.2, 0) is 4.79 Å². The van der Waals surface area contributed by atoms with Crippen LogP contribution in [0.2, 0.25) is 0 Å². The zero-order valence-electron chi connectivity index (χ0n) is 10.9. The summed E-state index contributed by atoms with van der Waals surface area (Å²) in [5.41, 5.74) is 0. The Kier molecular flexibility index (Phi) is 4.45. The summed E-state index contributed by atoms with van der Waals surface area (Å²) >= 11 is 0. The first-order valence-corrected chi connectivity index (χ1v) is 5.37. The van der Waals surface area contributed by atoms with Crippen molar-refractivity contribution in [3.05, 3.63) is 5.89 Å². The Morgan fingerprint density at radius 1 is 1.41 bits per heavy atom. The van der Waals surface area contributed by atoms with E-state index in [0.717, 1.165) is 0 Å². The molecule has 1 N–H and O–H groups in total. The summed E-state index contributed by atoms with van der Waals surface area (Å²) in [6.07, 6.45) is 0. The molecule has 1 aromatic rings. The summed E-state index contributed by atoms with van der Waals surface area (Å²) in [4.78, 5) is 14.6. The molecule has 7 nitrogen and oxygen atoms in total. The molecule has 0 saturated carbocycles. The van der Waals surface area contributed by atoms with Gasteiger partial charge >= 0.3 is 6.01 Å². The summed E-state index contributed by atoms with van der Waals surface area (Å²) in [5.74, 6) is 0.487. The first-order chi connectivity index (χ1) is 7.95. The standard InChI is InChI=1S/C10H19N5O2/c1-7(11-2)9-12-13-10(17-9)15(5)6-8(16)14(3)4/h7,11H,6H2,1-5H3. The molecule has 1 rings (SSSR count). The molecule has 1 aromatic heterocycles. The van der Waals surface area contributed by atoms with Crippen LogP contribution in [0.4, 0.5) is 6.01 Å². The summed E-state index contributed by atoms with van der Waals surface area (Å²) in [5, 5.41) is 10.8. The molecular weight excluding hydrogens is 222 g/mol. The number of hydrogen-bond acceptors (Lipinski definition) is 6. The van der Waals surface area contributed by atoms with Crippen LogP contribution in [0.5, 0.6) is 0 Å². The molecule has 0 aliphatic heterocycles. The Morgan fingerprint density at radius 2 is 2.06 bits per heavy atom. The van der Waals surface area contributed by atoms with Crippen LogP contribution in [-0.4, -0.2) is 55.7 Å². The van der Waals surface area contributed by atoms with E-state index in [1.165, 1.54) is 4.90 Å². The largest absolute Gasteiger partial charge is 0.406 e. The molecular formula is C10H19N5O2. The molecule has 1 atom stereocenters. The Labute approximate surface area is 101 Å². The molecule has 17 heavy (non-hydrogen) atoms. The number of likely N-dealkylation sites (N-methyl/N-ethyl adjacent to an activating group) is 2. The number of nitrogens with one attached hydrogen (secondary N) is 1. The van der Waals surface area contributed by atoms with Crippen molar-refractivity contribution in [1.82, 2.24) is 20.4 Å². The van der Waals surface area contributed by atoms with Crippen LogP contribution in [0.3, 0.4) is 0 Å². The van der Waals surface area contributed by atoms with Gasteiger partial charge in [-0.15, -0.1) is 5.10 Å². The fourth-order valence-electron chi connectivity index (χ4n) is 1.09. The molecule has 1 unspecified atom stereocenters. The Hall–Kier alpha value is -1.63. The van der Waals surface area contributed by atoms with E-state index in [-0.39, 0.29) is 18.5 Å². The molecule has 0 radical (unpaired) electrons. The molecule has 7 heteroatoms. The van der Waals surface area contributed by atoms with Crippen LogP contribution in [0.15, 0.2) is 4.42 Å². The van der Waals surface area contributed by atoms with Gasteiger partial charge in [0, 0.05) is 21.1 Å². The zero-order valence-corrected chi connectivity index (χ0v) is 10.9. The van der Waals surface area contributed by atoms with E-state index < -0.39 is 0 Å². The van der Waals surface area contributed by atoms with Crippen LogP contribution < -0.4 is 10.2 Å². The zero-order chi connectivity index (χ0) is 13.0. The lowest BCUT2D eigenvalue weighted by Gasteiger charge is -2.16. The second-order valence-electron chi connectivity index (χ2n) is 4.08. The van der Waals surface area contributed by atoms with E-state index in [2.05, 4.69) is 15.5 Å². The lowest BCUT2D eigenvalue weighted by molar-refractivity contribution is -0.127. The maximum absolute atomic E-state index is 11.5. The summed E-state index contributed by atoms with van der Waals surface area (Å²) < 4.78 is 5.45. The SMILES string of the molecule is CNC(C)c1nnc(N(C)CC(=O)N(C)C)o1. The van der Waals surface area contributed by atoms with Crippen molar-refractivity contribution in [3.8, 4) is 0 Å². The highest BCUT2D eigenvalue weighted by Gasteiger charge is 2.17. The van der Waals surface area contributed by atoms with Crippen LogP contribution >= 0.6 is 0 Å². The molecule has 0 aliphatic carbocycles. The van der Waals surface area contributed by atoms with E-state index in [0.29, 0.717) is 11.9 Å². The van der Waals surface area contributed by atoms with Gasteiger partial charge < -0.3 is 19.5 Å². The first-order valence-electron chi connectivity index (χ1n) is 5.37. The van der Waals surface area contributed by atoms with Crippen molar-refractivity contribution in [3.63, 3.8) is 0 Å². The summed E-state index contributed by atoms with van der Waals surface area (Å²) in [7, 11) is 6.97. The van der Waals surface area contributed by atoms with Gasteiger partial charge in [0.25, 0.3) is 0 Å². The topological polar surface area (TPSA) is 74.5 Å². The molecule has 0 fully saturated rings. The van der Waals surface area contributed by atoms with Crippen molar-refractivity contribution in [1.29, 1.82) is 0 Å². The minimum absolute atomic E-state index is 0.00537.